The fourth-order valence-electron chi connectivity index (χ4n) is 0.565. The van der Waals surface area contributed by atoms with Crippen LogP contribution in [0.3, 0.4) is 0 Å². The second-order valence-electron chi connectivity index (χ2n) is 1.64. The maximum absolute atomic E-state index is 10.1. The van der Waals surface area contributed by atoms with E-state index in [1.54, 1.807) is 4.91 Å². The Labute approximate surface area is 68.4 Å². The molecule has 0 spiro atoms. The van der Waals surface area contributed by atoms with Gasteiger partial charge >= 0.3 is 0 Å². The molecule has 1 heterocycles. The third-order valence-corrected chi connectivity index (χ3v) is 0.903. The Morgan fingerprint density at radius 1 is 1.42 bits per heavy atom. The molecule has 1 saturated heterocycles. The molecule has 66 valence electrons. The molecule has 12 heavy (non-hydrogen) atoms. The highest BCUT2D eigenvalue weighted by molar-refractivity contribution is 5.77. The van der Waals surface area contributed by atoms with E-state index in [-0.39, 0.29) is 5.91 Å². The molecule has 1 aliphatic heterocycles. The standard InChI is InChI=1S/C4H7NO.HN3.N3/c6-4-2-1-3-5-4;2*1-3-2/h1-3H2,(H,5,6);1H;/q;;-1. The minimum absolute atomic E-state index is 0.204. The molecular weight excluding hydrogens is 162 g/mol. The molecule has 0 saturated carbocycles. The van der Waals surface area contributed by atoms with Gasteiger partial charge in [0.15, 0.2) is 0 Å². The first-order valence-electron chi connectivity index (χ1n) is 2.98. The van der Waals surface area contributed by atoms with Gasteiger partial charge in [-0.15, -0.1) is 5.53 Å². The van der Waals surface area contributed by atoms with Crippen LogP contribution < -0.4 is 5.32 Å². The van der Waals surface area contributed by atoms with Crippen LogP contribution in [0.25, 0.3) is 26.4 Å². The number of nitrogens with zero attached hydrogens (tertiary/aromatic N) is 5. The van der Waals surface area contributed by atoms with E-state index in [1.165, 1.54) is 4.91 Å². The molecule has 8 heteroatoms. The van der Waals surface area contributed by atoms with Crippen molar-refractivity contribution in [2.75, 3.05) is 6.54 Å². The summed E-state index contributed by atoms with van der Waals surface area (Å²) in [5.74, 6) is 0.204. The normalized spacial score (nSPS) is 11.8. The Morgan fingerprint density at radius 3 is 1.92 bits per heavy atom. The van der Waals surface area contributed by atoms with Crippen LogP contribution in [0.4, 0.5) is 0 Å². The van der Waals surface area contributed by atoms with Crippen molar-refractivity contribution in [2.24, 2.45) is 0 Å². The fourth-order valence-corrected chi connectivity index (χ4v) is 0.565. The van der Waals surface area contributed by atoms with E-state index in [0.717, 1.165) is 19.4 Å². The summed E-state index contributed by atoms with van der Waals surface area (Å²) in [6.45, 7) is 0.888. The number of rotatable bonds is 0. The van der Waals surface area contributed by atoms with Gasteiger partial charge in [0.05, 0.1) is 0 Å². The Morgan fingerprint density at radius 2 is 1.83 bits per heavy atom. The SMILES string of the molecule is O=C1CCCN1.[N-]=[N+]=N.[N-]=[N+]=[N-]. The predicted molar refractivity (Wildman–Crippen MR) is 41.8 cm³/mol. The maximum atomic E-state index is 10.1. The van der Waals surface area contributed by atoms with Crippen LogP contribution in [-0.2, 0) is 4.79 Å². The fraction of sp³-hybridized carbons (Fsp3) is 0.750. The zero-order valence-electron chi connectivity index (χ0n) is 6.27. The molecule has 1 aliphatic rings. The van der Waals surface area contributed by atoms with E-state index >= 15 is 0 Å². The first-order chi connectivity index (χ1) is 5.72. The van der Waals surface area contributed by atoms with Gasteiger partial charge in [-0.25, -0.2) is 0 Å². The molecule has 8 nitrogen and oxygen atoms in total. The minimum atomic E-state index is 0.204. The Kier molecular flexibility index (Phi) is 12.6. The summed E-state index contributed by atoms with van der Waals surface area (Å²) in [4.78, 5) is 13.4. The number of amides is 1. The van der Waals surface area contributed by atoms with Crippen LogP contribution in [0.2, 0.25) is 0 Å². The Balaban J connectivity index is 0. The quantitative estimate of drug-likeness (QED) is 0.317. The van der Waals surface area contributed by atoms with Crippen molar-refractivity contribution in [3.63, 3.8) is 0 Å². The molecule has 0 aliphatic carbocycles. The van der Waals surface area contributed by atoms with Crippen molar-refractivity contribution in [1.82, 2.24) is 5.32 Å². The largest absolute Gasteiger partial charge is 0.373 e. The van der Waals surface area contributed by atoms with Gasteiger partial charge in [-0.2, -0.15) is 0 Å². The van der Waals surface area contributed by atoms with E-state index in [4.69, 9.17) is 22.1 Å². The van der Waals surface area contributed by atoms with Crippen molar-refractivity contribution in [2.45, 2.75) is 12.8 Å². The van der Waals surface area contributed by atoms with E-state index in [2.05, 4.69) is 5.32 Å². The van der Waals surface area contributed by atoms with Crippen molar-refractivity contribution >= 4 is 5.91 Å². The average Bonchev–Trinajstić information content (AvgIpc) is 2.43. The van der Waals surface area contributed by atoms with Crippen molar-refractivity contribution in [3.8, 4) is 0 Å². The molecule has 2 N–H and O–H groups in total. The topological polar surface area (TPSA) is 148 Å². The summed E-state index contributed by atoms with van der Waals surface area (Å²) in [7, 11) is 0. The second kappa shape index (κ2) is 11.8. The summed E-state index contributed by atoms with van der Waals surface area (Å²) in [5, 5.41) is 2.68. The number of carbonyl (C=O) groups excluding carboxylic acids is 1. The molecule has 1 amide bonds. The van der Waals surface area contributed by atoms with Crippen LogP contribution in [0.15, 0.2) is 0 Å². The maximum Gasteiger partial charge on any atom is 0.220 e. The highest BCUT2D eigenvalue weighted by atomic mass is 16.1. The van der Waals surface area contributed by atoms with Crippen LogP contribution in [0.5, 0.6) is 0 Å². The number of hydrogen-bond donors (Lipinski definition) is 2. The lowest BCUT2D eigenvalue weighted by Crippen LogP contribution is -2.12. The van der Waals surface area contributed by atoms with Crippen LogP contribution in [-0.4, -0.2) is 12.5 Å². The molecule has 0 radical (unpaired) electrons. The summed E-state index contributed by atoms with van der Waals surface area (Å²) in [6, 6.07) is 0. The molecule has 0 unspecified atom stereocenters. The van der Waals surface area contributed by atoms with E-state index < -0.39 is 0 Å². The first kappa shape index (κ1) is 12.7. The lowest BCUT2D eigenvalue weighted by atomic mass is 10.4. The van der Waals surface area contributed by atoms with Gasteiger partial charge in [0, 0.05) is 13.0 Å². The molecular formula is C4H8N7O-. The lowest BCUT2D eigenvalue weighted by molar-refractivity contribution is -0.119. The number of nitrogens with one attached hydrogen (secondary N) is 2. The second-order valence-corrected chi connectivity index (χ2v) is 1.64. The molecule has 0 aromatic heterocycles. The van der Waals surface area contributed by atoms with Crippen LogP contribution in [0.1, 0.15) is 12.8 Å². The zero-order chi connectivity index (χ0) is 9.82. The van der Waals surface area contributed by atoms with Gasteiger partial charge in [-0.3, -0.25) is 9.71 Å². The minimum Gasteiger partial charge on any atom is -0.373 e. The number of carbonyl (C=O) groups is 1. The molecule has 0 bridgehead atoms. The van der Waals surface area contributed by atoms with E-state index in [9.17, 15) is 4.79 Å². The summed E-state index contributed by atoms with van der Waals surface area (Å²) in [6.07, 6.45) is 1.76. The van der Waals surface area contributed by atoms with Crippen molar-refractivity contribution in [1.29, 1.82) is 5.53 Å². The smallest absolute Gasteiger partial charge is 0.220 e. The molecule has 1 fully saturated rings. The Hall–Kier alpha value is -1.91. The van der Waals surface area contributed by atoms with Crippen LogP contribution >= 0.6 is 0 Å². The number of hydrogen-bond acceptors (Lipinski definition) is 2. The highest BCUT2D eigenvalue weighted by Gasteiger charge is 2.05. The van der Waals surface area contributed by atoms with Gasteiger partial charge < -0.3 is 16.4 Å². The molecule has 0 aromatic carbocycles. The molecule has 1 rings (SSSR count). The summed E-state index contributed by atoms with van der Waals surface area (Å²) < 4.78 is 0. The van der Waals surface area contributed by atoms with Crippen molar-refractivity contribution < 1.29 is 4.79 Å². The molecule has 0 atom stereocenters. The van der Waals surface area contributed by atoms with Gasteiger partial charge in [0.1, 0.15) is 0 Å². The van der Waals surface area contributed by atoms with Crippen molar-refractivity contribution in [3.05, 3.63) is 26.4 Å². The van der Waals surface area contributed by atoms with Gasteiger partial charge in [0.25, 0.3) is 0 Å². The highest BCUT2D eigenvalue weighted by Crippen LogP contribution is 1.93. The van der Waals surface area contributed by atoms with Gasteiger partial charge in [-0.1, -0.05) is 0 Å². The third kappa shape index (κ3) is 15.7. The monoisotopic (exact) mass is 170 g/mol. The third-order valence-electron chi connectivity index (χ3n) is 0.903. The zero-order valence-corrected chi connectivity index (χ0v) is 6.27. The predicted octanol–water partition coefficient (Wildman–Crippen LogP) is 1.64. The van der Waals surface area contributed by atoms with E-state index in [1.807, 2.05) is 0 Å². The van der Waals surface area contributed by atoms with Gasteiger partial charge in [-0.05, 0) is 16.9 Å². The average molecular weight is 170 g/mol. The van der Waals surface area contributed by atoms with Gasteiger partial charge in [0.2, 0.25) is 5.91 Å². The summed E-state index contributed by atoms with van der Waals surface area (Å²) >= 11 is 0. The lowest BCUT2D eigenvalue weighted by Gasteiger charge is -1.80. The van der Waals surface area contributed by atoms with Crippen LogP contribution in [0, 0.1) is 5.53 Å². The summed E-state index contributed by atoms with van der Waals surface area (Å²) in [5.41, 5.74) is 25.8. The first-order valence-corrected chi connectivity index (χ1v) is 2.98. The van der Waals surface area contributed by atoms with E-state index in [0.29, 0.717) is 0 Å². The molecule has 0 aromatic rings. The Bertz CT molecular complexity index is 168.